The van der Waals surface area contributed by atoms with E-state index in [2.05, 4.69) is 0 Å². The quantitative estimate of drug-likeness (QED) is 0.518. The number of ketones is 1. The van der Waals surface area contributed by atoms with Crippen molar-refractivity contribution in [3.05, 3.63) is 86.8 Å². The minimum absolute atomic E-state index is 0.110. The molecule has 0 unspecified atom stereocenters. The van der Waals surface area contributed by atoms with Crippen LogP contribution in [0.4, 0.5) is 4.39 Å². The van der Waals surface area contributed by atoms with Gasteiger partial charge in [-0.3, -0.25) is 9.59 Å². The summed E-state index contributed by atoms with van der Waals surface area (Å²) in [5.41, 5.74) is 0.859. The third-order valence-electron chi connectivity index (χ3n) is 4.03. The largest absolute Gasteiger partial charge is 0.484 e. The predicted octanol–water partition coefficient (Wildman–Crippen LogP) is 4.81. The second-order valence-corrected chi connectivity index (χ2v) is 7.90. The molecule has 144 valence electrons. The topological polar surface area (TPSA) is 46.6 Å². The minimum atomic E-state index is -0.392. The summed E-state index contributed by atoms with van der Waals surface area (Å²) in [5.74, 6) is -0.290. The van der Waals surface area contributed by atoms with Crippen LogP contribution in [0.1, 0.15) is 20.8 Å². The van der Waals surface area contributed by atoms with Crippen LogP contribution in [-0.4, -0.2) is 30.2 Å². The molecule has 4 nitrogen and oxygen atoms in total. The van der Waals surface area contributed by atoms with Gasteiger partial charge in [0.05, 0.1) is 10.9 Å². The number of likely N-dealkylation sites (N-methyl/N-ethyl adjacent to an activating group) is 1. The molecule has 1 amide bonds. The molecule has 0 fully saturated rings. The SMILES string of the molecule is CN(Cc1ccc(Cl)s1)C(=O)COc1ccc(C(=O)c2ccc(F)cc2)cc1. The highest BCUT2D eigenvalue weighted by atomic mass is 35.5. The van der Waals surface area contributed by atoms with E-state index in [1.165, 1.54) is 35.6 Å². The van der Waals surface area contributed by atoms with Gasteiger partial charge in [-0.1, -0.05) is 11.6 Å². The third-order valence-corrected chi connectivity index (χ3v) is 5.25. The molecule has 28 heavy (non-hydrogen) atoms. The Bertz CT molecular complexity index is 970. The number of rotatable bonds is 7. The van der Waals surface area contributed by atoms with Crippen molar-refractivity contribution < 1.29 is 18.7 Å². The Morgan fingerprint density at radius 1 is 1.00 bits per heavy atom. The van der Waals surface area contributed by atoms with E-state index in [0.29, 0.717) is 27.8 Å². The molecule has 2 aromatic carbocycles. The predicted molar refractivity (Wildman–Crippen MR) is 108 cm³/mol. The number of halogens is 2. The van der Waals surface area contributed by atoms with E-state index >= 15 is 0 Å². The van der Waals surface area contributed by atoms with Crippen molar-refractivity contribution in [1.29, 1.82) is 0 Å². The number of ether oxygens (including phenoxy) is 1. The fourth-order valence-corrected chi connectivity index (χ4v) is 3.63. The summed E-state index contributed by atoms with van der Waals surface area (Å²) >= 11 is 7.32. The van der Waals surface area contributed by atoms with E-state index < -0.39 is 5.82 Å². The Hall–Kier alpha value is -2.70. The van der Waals surface area contributed by atoms with Crippen LogP contribution >= 0.6 is 22.9 Å². The third kappa shape index (κ3) is 5.18. The molecule has 0 bridgehead atoms. The zero-order valence-corrected chi connectivity index (χ0v) is 16.6. The molecular formula is C21H17ClFNO3S. The molecule has 0 spiro atoms. The van der Waals surface area contributed by atoms with Crippen LogP contribution in [-0.2, 0) is 11.3 Å². The summed E-state index contributed by atoms with van der Waals surface area (Å²) in [7, 11) is 1.70. The summed E-state index contributed by atoms with van der Waals surface area (Å²) in [4.78, 5) is 27.1. The van der Waals surface area contributed by atoms with Crippen LogP contribution in [0.2, 0.25) is 4.34 Å². The molecule has 3 aromatic rings. The number of carbonyl (C=O) groups is 2. The van der Waals surface area contributed by atoms with Crippen molar-refractivity contribution in [2.75, 3.05) is 13.7 Å². The summed E-state index contributed by atoms with van der Waals surface area (Å²) in [5, 5.41) is 0. The average molecular weight is 418 g/mol. The number of hydrogen-bond acceptors (Lipinski definition) is 4. The molecule has 0 N–H and O–H groups in total. The van der Waals surface area contributed by atoms with E-state index in [1.54, 1.807) is 42.3 Å². The molecule has 1 heterocycles. The Morgan fingerprint density at radius 2 is 1.61 bits per heavy atom. The van der Waals surface area contributed by atoms with E-state index in [9.17, 15) is 14.0 Å². The molecule has 0 aliphatic rings. The number of benzene rings is 2. The van der Waals surface area contributed by atoms with Gasteiger partial charge in [-0.2, -0.15) is 0 Å². The van der Waals surface area contributed by atoms with Gasteiger partial charge in [0.15, 0.2) is 12.4 Å². The van der Waals surface area contributed by atoms with Gasteiger partial charge < -0.3 is 9.64 Å². The standard InChI is InChI=1S/C21H17ClFNO3S/c1-24(12-18-10-11-19(22)28-18)20(25)13-27-17-8-4-15(5-9-17)21(26)14-2-6-16(23)7-3-14/h2-11H,12-13H2,1H3. The number of hydrogen-bond donors (Lipinski definition) is 0. The maximum Gasteiger partial charge on any atom is 0.260 e. The first-order valence-electron chi connectivity index (χ1n) is 8.43. The summed E-state index contributed by atoms with van der Waals surface area (Å²) in [6.45, 7) is 0.353. The lowest BCUT2D eigenvalue weighted by Crippen LogP contribution is -2.30. The van der Waals surface area contributed by atoms with Crippen molar-refractivity contribution in [3.8, 4) is 5.75 Å². The fraction of sp³-hybridized carbons (Fsp3) is 0.143. The Morgan fingerprint density at radius 3 is 2.18 bits per heavy atom. The molecular weight excluding hydrogens is 401 g/mol. The van der Waals surface area contributed by atoms with Crippen LogP contribution in [0.3, 0.4) is 0 Å². The first-order valence-corrected chi connectivity index (χ1v) is 9.63. The van der Waals surface area contributed by atoms with Crippen molar-refractivity contribution in [2.45, 2.75) is 6.54 Å². The van der Waals surface area contributed by atoms with Crippen LogP contribution in [0.15, 0.2) is 60.7 Å². The van der Waals surface area contributed by atoms with Gasteiger partial charge in [0.25, 0.3) is 5.91 Å². The second kappa shape index (κ2) is 8.99. The lowest BCUT2D eigenvalue weighted by molar-refractivity contribution is -0.132. The van der Waals surface area contributed by atoms with Crippen molar-refractivity contribution in [2.24, 2.45) is 0 Å². The first kappa shape index (κ1) is 20.0. The lowest BCUT2D eigenvalue weighted by atomic mass is 10.0. The minimum Gasteiger partial charge on any atom is -0.484 e. The van der Waals surface area contributed by atoms with Crippen LogP contribution in [0.25, 0.3) is 0 Å². The van der Waals surface area contributed by atoms with Gasteiger partial charge in [-0.15, -0.1) is 11.3 Å². The highest BCUT2D eigenvalue weighted by Gasteiger charge is 2.13. The van der Waals surface area contributed by atoms with Crippen molar-refractivity contribution in [1.82, 2.24) is 4.90 Å². The summed E-state index contributed by atoms with van der Waals surface area (Å²) < 4.78 is 19.2. The van der Waals surface area contributed by atoms with Crippen molar-refractivity contribution >= 4 is 34.6 Å². The molecule has 0 saturated heterocycles. The Labute approximate surface area is 171 Å². The van der Waals surface area contributed by atoms with Gasteiger partial charge >= 0.3 is 0 Å². The maximum absolute atomic E-state index is 13.0. The Kier molecular flexibility index (Phi) is 6.44. The second-order valence-electron chi connectivity index (χ2n) is 6.10. The number of thiophene rings is 1. The van der Waals surface area contributed by atoms with Crippen LogP contribution < -0.4 is 4.74 Å². The van der Waals surface area contributed by atoms with Gasteiger partial charge in [-0.25, -0.2) is 4.39 Å². The number of amides is 1. The molecule has 0 saturated carbocycles. The average Bonchev–Trinajstić information content (AvgIpc) is 3.11. The zero-order chi connectivity index (χ0) is 20.1. The van der Waals surface area contributed by atoms with E-state index in [1.807, 2.05) is 6.07 Å². The molecule has 0 aliphatic heterocycles. The van der Waals surface area contributed by atoms with E-state index in [0.717, 1.165) is 4.88 Å². The normalized spacial score (nSPS) is 10.5. The Balaban J connectivity index is 1.54. The highest BCUT2D eigenvalue weighted by molar-refractivity contribution is 7.16. The first-order chi connectivity index (χ1) is 13.4. The van der Waals surface area contributed by atoms with Crippen LogP contribution in [0.5, 0.6) is 5.75 Å². The summed E-state index contributed by atoms with van der Waals surface area (Å²) in [6, 6.07) is 15.5. The molecule has 0 radical (unpaired) electrons. The molecule has 0 atom stereocenters. The molecule has 0 aliphatic carbocycles. The fourth-order valence-electron chi connectivity index (χ4n) is 2.48. The number of carbonyl (C=O) groups excluding carboxylic acids is 2. The van der Waals surface area contributed by atoms with Gasteiger partial charge in [0.1, 0.15) is 11.6 Å². The van der Waals surface area contributed by atoms with Gasteiger partial charge in [0, 0.05) is 23.1 Å². The smallest absolute Gasteiger partial charge is 0.260 e. The molecule has 7 heteroatoms. The van der Waals surface area contributed by atoms with Crippen molar-refractivity contribution in [3.63, 3.8) is 0 Å². The monoisotopic (exact) mass is 417 g/mol. The maximum atomic E-state index is 13.0. The van der Waals surface area contributed by atoms with Gasteiger partial charge in [0.2, 0.25) is 0 Å². The zero-order valence-electron chi connectivity index (χ0n) is 15.0. The van der Waals surface area contributed by atoms with Gasteiger partial charge in [-0.05, 0) is 60.7 Å². The molecule has 3 rings (SSSR count). The molecule has 1 aromatic heterocycles. The van der Waals surface area contributed by atoms with E-state index in [-0.39, 0.29) is 18.3 Å². The lowest BCUT2D eigenvalue weighted by Gasteiger charge is -2.16. The highest BCUT2D eigenvalue weighted by Crippen LogP contribution is 2.22. The number of nitrogens with zero attached hydrogens (tertiary/aromatic N) is 1. The summed E-state index contributed by atoms with van der Waals surface area (Å²) in [6.07, 6.45) is 0. The van der Waals surface area contributed by atoms with E-state index in [4.69, 9.17) is 16.3 Å². The van der Waals surface area contributed by atoms with Crippen LogP contribution in [0, 0.1) is 5.82 Å².